The molecule has 2 aromatic heterocycles. The molecular weight excluding hydrogens is 658 g/mol. The van der Waals surface area contributed by atoms with Crippen LogP contribution in [0.25, 0.3) is 11.4 Å². The molecular formula is C33H29N5O10S. The Morgan fingerprint density at radius 2 is 1.67 bits per heavy atom. The second kappa shape index (κ2) is 14.6. The average Bonchev–Trinajstić information content (AvgIpc) is 3.60. The third kappa shape index (κ3) is 7.82. The second-order valence-corrected chi connectivity index (χ2v) is 11.6. The van der Waals surface area contributed by atoms with Crippen LogP contribution in [0, 0.1) is 0 Å². The third-order valence-electron chi connectivity index (χ3n) is 6.78. The fraction of sp³-hybridized carbons (Fsp3) is 0.152. The Morgan fingerprint density at radius 3 is 2.47 bits per heavy atom. The molecule has 6 rings (SSSR count). The number of ether oxygens (including phenoxy) is 7. The molecule has 3 aromatic carbocycles. The van der Waals surface area contributed by atoms with Gasteiger partial charge in [0, 0.05) is 17.8 Å². The molecule has 252 valence electrons. The van der Waals surface area contributed by atoms with Crippen LogP contribution in [-0.4, -0.2) is 63.7 Å². The van der Waals surface area contributed by atoms with Gasteiger partial charge in [0.1, 0.15) is 24.8 Å². The number of benzene rings is 3. The Balaban J connectivity index is 1.37. The molecule has 1 aliphatic heterocycles. The summed E-state index contributed by atoms with van der Waals surface area (Å²) >= 11 is 0. The first-order valence-electron chi connectivity index (χ1n) is 14.6. The minimum absolute atomic E-state index is 0.0335. The van der Waals surface area contributed by atoms with E-state index in [0.717, 1.165) is 0 Å². The number of nitrogens with zero attached hydrogens (tertiary/aromatic N) is 3. The van der Waals surface area contributed by atoms with Crippen LogP contribution in [0.5, 0.6) is 40.4 Å². The standard InChI is InChI=1S/C33H29N5O10S/c1-42-22-9-7-8-21(18-22)30-36-31(38-49(40,41)23-13-14-25-27(19-23)47-20-46-25)29(48-26-11-4-3-10-24(26)43-2)32(37-30)44-16-17-45-33(39)35-28-12-5-6-15-34-28/h3-15,18-19H,16-17,20H2,1-2H3,(H,34,35,39)(H,36,37,38). The lowest BCUT2D eigenvalue weighted by Crippen LogP contribution is -2.19. The van der Waals surface area contributed by atoms with E-state index in [9.17, 15) is 13.2 Å². The van der Waals surface area contributed by atoms with Gasteiger partial charge < -0.3 is 33.2 Å². The third-order valence-corrected chi connectivity index (χ3v) is 8.12. The van der Waals surface area contributed by atoms with Gasteiger partial charge in [-0.15, -0.1) is 0 Å². The highest BCUT2D eigenvalue weighted by Gasteiger charge is 2.27. The van der Waals surface area contributed by atoms with Crippen LogP contribution in [0.3, 0.4) is 0 Å². The van der Waals surface area contributed by atoms with Crippen LogP contribution in [0.15, 0.2) is 96.0 Å². The first kappa shape index (κ1) is 32.6. The summed E-state index contributed by atoms with van der Waals surface area (Å²) in [6.07, 6.45) is 0.764. The number of aromatic nitrogens is 3. The number of amides is 1. The molecule has 0 unspecified atom stereocenters. The van der Waals surface area contributed by atoms with Crippen molar-refractivity contribution in [3.05, 3.63) is 91.1 Å². The number of para-hydroxylation sites is 2. The number of methoxy groups -OCH3 is 2. The van der Waals surface area contributed by atoms with E-state index in [4.69, 9.17) is 33.2 Å². The maximum Gasteiger partial charge on any atom is 0.412 e. The number of fused-ring (bicyclic) bond motifs is 1. The summed E-state index contributed by atoms with van der Waals surface area (Å²) in [7, 11) is -1.35. The quantitative estimate of drug-likeness (QED) is 0.148. The van der Waals surface area contributed by atoms with Crippen molar-refractivity contribution < 1.29 is 46.4 Å². The van der Waals surface area contributed by atoms with E-state index in [1.807, 2.05) is 0 Å². The van der Waals surface area contributed by atoms with Gasteiger partial charge in [0.15, 0.2) is 34.6 Å². The summed E-state index contributed by atoms with van der Waals surface area (Å²) in [6, 6.07) is 22.8. The summed E-state index contributed by atoms with van der Waals surface area (Å²) < 4.78 is 69.1. The monoisotopic (exact) mass is 687 g/mol. The summed E-state index contributed by atoms with van der Waals surface area (Å²) in [5.74, 6) is 1.48. The van der Waals surface area contributed by atoms with Crippen molar-refractivity contribution in [1.82, 2.24) is 15.0 Å². The topological polar surface area (TPSA) is 179 Å². The predicted molar refractivity (Wildman–Crippen MR) is 175 cm³/mol. The number of sulfonamides is 1. The second-order valence-electron chi connectivity index (χ2n) is 9.96. The van der Waals surface area contributed by atoms with Crippen molar-refractivity contribution in [2.24, 2.45) is 0 Å². The normalized spacial score (nSPS) is 11.7. The fourth-order valence-electron chi connectivity index (χ4n) is 4.47. The maximum absolute atomic E-state index is 13.8. The zero-order valence-corrected chi connectivity index (χ0v) is 26.9. The molecule has 1 aliphatic rings. The Labute approximate surface area is 280 Å². The van der Waals surface area contributed by atoms with Crippen molar-refractivity contribution in [3.8, 4) is 51.8 Å². The molecule has 0 bridgehead atoms. The van der Waals surface area contributed by atoms with Gasteiger partial charge in [0.05, 0.1) is 19.1 Å². The van der Waals surface area contributed by atoms with Crippen molar-refractivity contribution in [2.75, 3.05) is 44.3 Å². The number of rotatable bonds is 13. The number of hydrogen-bond acceptors (Lipinski definition) is 13. The van der Waals surface area contributed by atoms with Crippen LogP contribution >= 0.6 is 0 Å². The summed E-state index contributed by atoms with van der Waals surface area (Å²) in [4.78, 5) is 25.3. The molecule has 0 atom stereocenters. The lowest BCUT2D eigenvalue weighted by molar-refractivity contribution is 0.135. The lowest BCUT2D eigenvalue weighted by Gasteiger charge is -2.18. The zero-order valence-electron chi connectivity index (χ0n) is 26.1. The van der Waals surface area contributed by atoms with Crippen LogP contribution < -0.4 is 38.5 Å². The first-order valence-corrected chi connectivity index (χ1v) is 16.1. The molecule has 0 radical (unpaired) electrons. The number of anilines is 2. The van der Waals surface area contributed by atoms with Gasteiger partial charge in [-0.25, -0.2) is 23.2 Å². The predicted octanol–water partition coefficient (Wildman–Crippen LogP) is 5.51. The molecule has 0 spiro atoms. The SMILES string of the molecule is COc1cccc(-c2nc(NS(=O)(=O)c3ccc4c(c3)OCO4)c(Oc3ccccc3OC)c(OCCOC(=O)Nc3ccccn3)n2)c1. The Hall–Kier alpha value is -6.29. The van der Waals surface area contributed by atoms with E-state index < -0.39 is 16.1 Å². The van der Waals surface area contributed by atoms with E-state index in [2.05, 4.69) is 25.0 Å². The minimum Gasteiger partial charge on any atom is -0.497 e. The highest BCUT2D eigenvalue weighted by atomic mass is 32.2. The summed E-state index contributed by atoms with van der Waals surface area (Å²) in [6.45, 7) is -0.460. The van der Waals surface area contributed by atoms with E-state index in [1.54, 1.807) is 66.7 Å². The van der Waals surface area contributed by atoms with Crippen LogP contribution in [-0.2, 0) is 14.8 Å². The summed E-state index contributed by atoms with van der Waals surface area (Å²) in [5, 5.41) is 2.51. The number of carbonyl (C=O) groups is 1. The van der Waals surface area contributed by atoms with Crippen LogP contribution in [0.1, 0.15) is 0 Å². The largest absolute Gasteiger partial charge is 0.497 e. The molecule has 0 aliphatic carbocycles. The highest BCUT2D eigenvalue weighted by molar-refractivity contribution is 7.92. The molecule has 0 fully saturated rings. The smallest absolute Gasteiger partial charge is 0.412 e. The average molecular weight is 688 g/mol. The van der Waals surface area contributed by atoms with E-state index in [-0.39, 0.29) is 59.7 Å². The van der Waals surface area contributed by atoms with Gasteiger partial charge in [-0.2, -0.15) is 4.98 Å². The van der Waals surface area contributed by atoms with Crippen LogP contribution in [0.2, 0.25) is 0 Å². The highest BCUT2D eigenvalue weighted by Crippen LogP contribution is 2.42. The molecule has 0 saturated carbocycles. The maximum atomic E-state index is 13.8. The first-order chi connectivity index (χ1) is 23.8. The number of pyridine rings is 1. The molecule has 3 heterocycles. The van der Waals surface area contributed by atoms with Crippen molar-refractivity contribution >= 4 is 27.8 Å². The number of hydrogen-bond donors (Lipinski definition) is 2. The lowest BCUT2D eigenvalue weighted by atomic mass is 10.2. The summed E-state index contributed by atoms with van der Waals surface area (Å²) in [5.41, 5.74) is 0.475. The van der Waals surface area contributed by atoms with Gasteiger partial charge in [-0.3, -0.25) is 10.0 Å². The molecule has 16 heteroatoms. The van der Waals surface area contributed by atoms with Gasteiger partial charge in [-0.05, 0) is 48.5 Å². The van der Waals surface area contributed by atoms with Crippen molar-refractivity contribution in [1.29, 1.82) is 0 Å². The fourth-order valence-corrected chi connectivity index (χ4v) is 5.49. The van der Waals surface area contributed by atoms with E-state index >= 15 is 0 Å². The number of nitrogens with one attached hydrogen (secondary N) is 2. The Bertz CT molecular complexity index is 2070. The molecule has 0 saturated heterocycles. The van der Waals surface area contributed by atoms with Gasteiger partial charge in [-0.1, -0.05) is 30.3 Å². The Kier molecular flexibility index (Phi) is 9.75. The van der Waals surface area contributed by atoms with E-state index in [0.29, 0.717) is 28.6 Å². The van der Waals surface area contributed by atoms with Crippen molar-refractivity contribution in [2.45, 2.75) is 4.90 Å². The van der Waals surface area contributed by atoms with Gasteiger partial charge in [0.2, 0.25) is 12.5 Å². The van der Waals surface area contributed by atoms with Gasteiger partial charge >= 0.3 is 6.09 Å². The minimum atomic E-state index is -4.31. The molecule has 49 heavy (non-hydrogen) atoms. The van der Waals surface area contributed by atoms with Crippen LogP contribution in [0.4, 0.5) is 16.4 Å². The molecule has 1 amide bonds. The molecule has 2 N–H and O–H groups in total. The van der Waals surface area contributed by atoms with E-state index in [1.165, 1.54) is 38.6 Å². The van der Waals surface area contributed by atoms with Crippen molar-refractivity contribution in [3.63, 3.8) is 0 Å². The molecule has 15 nitrogen and oxygen atoms in total. The Morgan fingerprint density at radius 1 is 0.857 bits per heavy atom. The van der Waals surface area contributed by atoms with Gasteiger partial charge in [0.25, 0.3) is 15.9 Å². The zero-order chi connectivity index (χ0) is 34.2. The number of carbonyl (C=O) groups excluding carboxylic acids is 1. The molecule has 5 aromatic rings.